The van der Waals surface area contributed by atoms with Crippen molar-refractivity contribution in [1.82, 2.24) is 0 Å². The Morgan fingerprint density at radius 3 is 1.43 bits per heavy atom. The van der Waals surface area contributed by atoms with Gasteiger partial charge in [-0.2, -0.15) is 0 Å². The smallest absolute Gasteiger partial charge is 0.128 e. The fraction of sp³-hybridized carbons (Fsp3) is 0.143. The number of hydrogen-bond donors (Lipinski definition) is 0. The van der Waals surface area contributed by atoms with Gasteiger partial charge in [-0.3, -0.25) is 0 Å². The van der Waals surface area contributed by atoms with Gasteiger partial charge in [-0.25, -0.2) is 4.21 Å². The van der Waals surface area contributed by atoms with E-state index in [2.05, 4.69) is 0 Å². The van der Waals surface area contributed by atoms with Gasteiger partial charge in [-0.1, -0.05) is 34.6 Å². The van der Waals surface area contributed by atoms with Crippen molar-refractivity contribution in [3.63, 3.8) is 0 Å². The highest BCUT2D eigenvalue weighted by Crippen LogP contribution is 2.96. The van der Waals surface area contributed by atoms with Crippen LogP contribution in [-0.2, 0) is 33.7 Å². The Hall–Kier alpha value is -0.160. The molecular formula is C14H14O3P2S4. The average Bonchev–Trinajstić information content (AvgIpc) is 2.61. The second kappa shape index (κ2) is 6.62. The summed E-state index contributed by atoms with van der Waals surface area (Å²) in [5, 5.41) is 1.90. The lowest BCUT2D eigenvalue weighted by Gasteiger charge is -2.40. The van der Waals surface area contributed by atoms with Crippen molar-refractivity contribution < 1.29 is 13.7 Å². The zero-order valence-electron chi connectivity index (χ0n) is 12.4. The molecule has 0 aliphatic carbocycles. The molecule has 122 valence electrons. The van der Waals surface area contributed by atoms with Crippen LogP contribution < -0.4 is 20.1 Å². The summed E-state index contributed by atoms with van der Waals surface area (Å²) in [4.78, 5) is 0. The van der Waals surface area contributed by atoms with Gasteiger partial charge >= 0.3 is 0 Å². The second-order valence-corrected chi connectivity index (χ2v) is 27.2. The van der Waals surface area contributed by atoms with Crippen molar-refractivity contribution in [1.29, 1.82) is 0 Å². The summed E-state index contributed by atoms with van der Waals surface area (Å²) in [6, 6.07) is 15.1. The van der Waals surface area contributed by atoms with Crippen molar-refractivity contribution in [3.8, 4) is 11.5 Å². The van der Waals surface area contributed by atoms with Crippen LogP contribution in [0.3, 0.4) is 0 Å². The predicted molar refractivity (Wildman–Crippen MR) is 110 cm³/mol. The number of hydrogen-bond acceptors (Lipinski definition) is 6. The largest absolute Gasteiger partial charge is 0.497 e. The van der Waals surface area contributed by atoms with E-state index in [-0.39, 0.29) is 0 Å². The maximum absolute atomic E-state index is 13.0. The molecule has 0 N–H and O–H groups in total. The van der Waals surface area contributed by atoms with E-state index in [1.165, 1.54) is 0 Å². The summed E-state index contributed by atoms with van der Waals surface area (Å²) >= 11 is 13.1. The fourth-order valence-electron chi connectivity index (χ4n) is 2.12. The molecule has 0 saturated carbocycles. The van der Waals surface area contributed by atoms with Crippen molar-refractivity contribution >= 4 is 64.1 Å². The molecule has 0 spiro atoms. The van der Waals surface area contributed by atoms with Crippen LogP contribution in [0.25, 0.3) is 0 Å². The highest BCUT2D eigenvalue weighted by Gasteiger charge is 2.53. The molecule has 1 fully saturated rings. The Labute approximate surface area is 151 Å². The molecule has 2 unspecified atom stereocenters. The molecule has 2 aromatic carbocycles. The van der Waals surface area contributed by atoms with E-state index in [9.17, 15) is 4.21 Å². The van der Waals surface area contributed by atoms with Gasteiger partial charge in [0, 0.05) is 10.6 Å². The number of benzene rings is 2. The molecule has 23 heavy (non-hydrogen) atoms. The maximum atomic E-state index is 13.0. The normalized spacial score (nSPS) is 29.6. The van der Waals surface area contributed by atoms with Crippen molar-refractivity contribution in [3.05, 3.63) is 48.5 Å². The first-order chi connectivity index (χ1) is 10.9. The molecule has 1 aliphatic rings. The van der Waals surface area contributed by atoms with Crippen LogP contribution in [0.4, 0.5) is 0 Å². The van der Waals surface area contributed by atoms with Crippen molar-refractivity contribution in [2.75, 3.05) is 14.2 Å². The number of ether oxygens (including phenoxy) is 2. The molecule has 3 nitrogen and oxygen atoms in total. The van der Waals surface area contributed by atoms with Crippen LogP contribution in [0.2, 0.25) is 0 Å². The van der Waals surface area contributed by atoms with Gasteiger partial charge in [0.1, 0.15) is 30.4 Å². The van der Waals surface area contributed by atoms with Crippen LogP contribution in [-0.4, -0.2) is 18.4 Å². The molecule has 2 aromatic rings. The molecule has 9 heteroatoms. The summed E-state index contributed by atoms with van der Waals surface area (Å²) in [6.45, 7) is 0. The van der Waals surface area contributed by atoms with Gasteiger partial charge in [0.15, 0.2) is 0 Å². The van der Waals surface area contributed by atoms with E-state index in [1.54, 1.807) is 25.2 Å². The van der Waals surface area contributed by atoms with E-state index in [1.807, 2.05) is 48.5 Å². The molecule has 1 saturated heterocycles. The minimum absolute atomic E-state index is 0.765. The van der Waals surface area contributed by atoms with Gasteiger partial charge in [0.05, 0.1) is 14.2 Å². The van der Waals surface area contributed by atoms with E-state index >= 15 is 0 Å². The van der Waals surface area contributed by atoms with Crippen LogP contribution in [0.15, 0.2) is 48.5 Å². The summed E-state index contributed by atoms with van der Waals surface area (Å²) in [5.74, 6) is 1.53. The summed E-state index contributed by atoms with van der Waals surface area (Å²) in [6.07, 6.45) is 0. The quantitative estimate of drug-likeness (QED) is 0.701. The van der Waals surface area contributed by atoms with E-state index in [4.69, 9.17) is 33.1 Å². The van der Waals surface area contributed by atoms with Crippen molar-refractivity contribution in [2.24, 2.45) is 0 Å². The first-order valence-electron chi connectivity index (χ1n) is 6.58. The molecule has 0 bridgehead atoms. The third-order valence-electron chi connectivity index (χ3n) is 3.40. The molecule has 0 radical (unpaired) electrons. The maximum Gasteiger partial charge on any atom is 0.128 e. The third-order valence-corrected chi connectivity index (χ3v) is 38.4. The van der Waals surface area contributed by atoms with Gasteiger partial charge in [-0.05, 0) is 48.5 Å². The summed E-state index contributed by atoms with van der Waals surface area (Å²) in [5.41, 5.74) is 0. The first-order valence-corrected chi connectivity index (χ1v) is 16.6. The lowest BCUT2D eigenvalue weighted by Crippen LogP contribution is -2.18. The zero-order valence-corrected chi connectivity index (χ0v) is 17.4. The molecular weight excluding hydrogens is 406 g/mol. The Kier molecular flexibility index (Phi) is 5.09. The summed E-state index contributed by atoms with van der Waals surface area (Å²) < 4.78 is 19.0. The molecule has 0 amide bonds. The highest BCUT2D eigenvalue weighted by molar-refractivity contribution is 9.44. The minimum atomic E-state index is -2.19. The molecule has 1 heterocycles. The first kappa shape index (κ1) is 17.7. The van der Waals surface area contributed by atoms with Gasteiger partial charge in [-0.15, -0.1) is 0 Å². The Balaban J connectivity index is 1.90. The Morgan fingerprint density at radius 2 is 1.17 bits per heavy atom. The van der Waals surface area contributed by atoms with E-state index < -0.39 is 18.9 Å². The number of rotatable bonds is 4. The average molecular weight is 420 g/mol. The fourth-order valence-corrected chi connectivity index (χ4v) is 47.3. The lowest BCUT2D eigenvalue weighted by molar-refractivity contribution is 0.415. The predicted octanol–water partition coefficient (Wildman–Crippen LogP) is 3.77. The van der Waals surface area contributed by atoms with E-state index in [0.29, 0.717) is 0 Å². The molecule has 2 atom stereocenters. The standard InChI is InChI=1S/C14H14O3P2S4/c1-16-11-3-7-13(8-4-11)18(20)22-19(21,23(18)15)14-9-5-12(17-2)6-10-14/h3-10H,1-2H3. The zero-order chi connectivity index (χ0) is 16.7. The van der Waals surface area contributed by atoms with Crippen LogP contribution in [0.1, 0.15) is 0 Å². The van der Waals surface area contributed by atoms with Gasteiger partial charge in [0.2, 0.25) is 0 Å². The van der Waals surface area contributed by atoms with Crippen LogP contribution in [0.5, 0.6) is 11.5 Å². The van der Waals surface area contributed by atoms with Gasteiger partial charge in [0.25, 0.3) is 0 Å². The molecule has 3 rings (SSSR count). The SMILES string of the molecule is COc1ccc(P2(=S)SP(=S)(c3ccc(OC)cc3)S2=O)cc1. The van der Waals surface area contributed by atoms with Crippen LogP contribution in [0, 0.1) is 0 Å². The topological polar surface area (TPSA) is 35.5 Å². The minimum Gasteiger partial charge on any atom is -0.497 e. The third kappa shape index (κ3) is 2.97. The Morgan fingerprint density at radius 1 is 0.826 bits per heavy atom. The van der Waals surface area contributed by atoms with Crippen molar-refractivity contribution in [2.45, 2.75) is 0 Å². The lowest BCUT2D eigenvalue weighted by atomic mass is 10.3. The molecule has 1 aliphatic heterocycles. The van der Waals surface area contributed by atoms with Crippen LogP contribution >= 0.6 is 19.9 Å². The highest BCUT2D eigenvalue weighted by atomic mass is 33.7. The van der Waals surface area contributed by atoms with Gasteiger partial charge < -0.3 is 9.47 Å². The monoisotopic (exact) mass is 420 g/mol. The second-order valence-electron chi connectivity index (χ2n) is 4.70. The number of methoxy groups -OCH3 is 2. The Bertz CT molecular complexity index is 780. The molecule has 0 aromatic heterocycles. The summed E-state index contributed by atoms with van der Waals surface area (Å²) in [7, 11) is 2.05. The van der Waals surface area contributed by atoms with E-state index in [0.717, 1.165) is 22.1 Å².